The van der Waals surface area contributed by atoms with Crippen molar-refractivity contribution in [1.82, 2.24) is 14.5 Å². The van der Waals surface area contributed by atoms with Gasteiger partial charge in [0.1, 0.15) is 10.5 Å². The maximum Gasteiger partial charge on any atom is 0.494 e. The van der Waals surface area contributed by atoms with Crippen LogP contribution in [-0.4, -0.2) is 27.1 Å². The average Bonchev–Trinajstić information content (AvgIpc) is 3.55. The summed E-state index contributed by atoms with van der Waals surface area (Å²) in [5.41, 5.74) is 6.61. The first kappa shape index (κ1) is 27.8. The Morgan fingerprint density at radius 2 is 1.75 bits per heavy atom. The fraction of sp³-hybridized carbons (Fsp3) is 0.147. The van der Waals surface area contributed by atoms with Crippen molar-refractivity contribution in [1.29, 1.82) is 0 Å². The van der Waals surface area contributed by atoms with Gasteiger partial charge in [0.15, 0.2) is 6.54 Å². The van der Waals surface area contributed by atoms with Crippen LogP contribution < -0.4 is 4.58 Å². The van der Waals surface area contributed by atoms with Crippen molar-refractivity contribution >= 4 is 54.7 Å². The number of hydrogen-bond acceptors (Lipinski definition) is 3. The van der Waals surface area contributed by atoms with Crippen LogP contribution in [0.5, 0.6) is 0 Å². The van der Waals surface area contributed by atoms with Gasteiger partial charge in [0.25, 0.3) is 11.4 Å². The minimum atomic E-state index is 0. The fourth-order valence-electron chi connectivity index (χ4n) is 4.63. The molecule has 4 heterocycles. The maximum absolute atomic E-state index is 4.49. The van der Waals surface area contributed by atoms with E-state index in [9.17, 15) is 0 Å². The van der Waals surface area contributed by atoms with Crippen LogP contribution in [0.1, 0.15) is 25.3 Å². The van der Waals surface area contributed by atoms with Gasteiger partial charge in [-0.15, -0.1) is 58.7 Å². The second-order valence-corrected chi connectivity index (χ2v) is 10.5. The first-order valence-electron chi connectivity index (χ1n) is 13.2. The monoisotopic (exact) mass is 717 g/mol. The molecule has 4 nitrogen and oxygen atoms in total. The van der Waals surface area contributed by atoms with Crippen LogP contribution in [0.4, 0.5) is 17.1 Å². The van der Waals surface area contributed by atoms with Gasteiger partial charge >= 0.3 is 6.01 Å². The third-order valence-corrected chi connectivity index (χ3v) is 7.75. The van der Waals surface area contributed by atoms with Crippen LogP contribution in [-0.2, 0) is 20.1 Å². The number of hydrogen-bond donors (Lipinski definition) is 0. The molecule has 6 heteroatoms. The molecule has 0 saturated heterocycles. The van der Waals surface area contributed by atoms with Crippen molar-refractivity contribution in [3.05, 3.63) is 115 Å². The van der Waals surface area contributed by atoms with E-state index < -0.39 is 0 Å². The van der Waals surface area contributed by atoms with E-state index in [1.165, 1.54) is 38.8 Å². The predicted molar refractivity (Wildman–Crippen MR) is 162 cm³/mol. The molecule has 0 saturated carbocycles. The second kappa shape index (κ2) is 12.6. The second-order valence-electron chi connectivity index (χ2n) is 9.48. The van der Waals surface area contributed by atoms with Gasteiger partial charge in [0, 0.05) is 51.1 Å². The van der Waals surface area contributed by atoms with Crippen molar-refractivity contribution in [3.8, 4) is 11.3 Å². The first-order valence-corrected chi connectivity index (χ1v) is 14.0. The van der Waals surface area contributed by atoms with Crippen molar-refractivity contribution < 1.29 is 24.7 Å². The van der Waals surface area contributed by atoms with E-state index in [2.05, 4.69) is 92.7 Å². The summed E-state index contributed by atoms with van der Waals surface area (Å²) in [4.78, 5) is 9.89. The zero-order valence-corrected chi connectivity index (χ0v) is 25.6. The van der Waals surface area contributed by atoms with Gasteiger partial charge in [-0.1, -0.05) is 63.6 Å². The molecule has 0 bridgehead atoms. The van der Waals surface area contributed by atoms with Crippen molar-refractivity contribution in [2.45, 2.75) is 26.7 Å². The number of thiophene rings is 1. The number of benzene rings is 3. The number of para-hydroxylation sites is 2. The van der Waals surface area contributed by atoms with Gasteiger partial charge in [-0.3, -0.25) is 0 Å². The van der Waals surface area contributed by atoms with Crippen LogP contribution in [0, 0.1) is 19.1 Å². The molecule has 1 aliphatic rings. The van der Waals surface area contributed by atoms with Crippen LogP contribution >= 0.6 is 11.3 Å². The minimum absolute atomic E-state index is 0. The maximum atomic E-state index is 4.49. The van der Waals surface area contributed by atoms with Crippen molar-refractivity contribution in [2.75, 3.05) is 6.54 Å². The minimum Gasteiger partial charge on any atom is -0.304 e. The summed E-state index contributed by atoms with van der Waals surface area (Å²) in [7, 11) is 0. The fourth-order valence-corrected chi connectivity index (χ4v) is 5.69. The zero-order valence-electron chi connectivity index (χ0n) is 22.4. The third-order valence-electron chi connectivity index (χ3n) is 6.67. The Morgan fingerprint density at radius 3 is 2.52 bits per heavy atom. The van der Waals surface area contributed by atoms with Gasteiger partial charge in [-0.25, -0.2) is 4.98 Å². The van der Waals surface area contributed by atoms with Gasteiger partial charge in [0.2, 0.25) is 0 Å². The van der Waals surface area contributed by atoms with Crippen LogP contribution in [0.25, 0.3) is 31.6 Å². The number of rotatable bonds is 5. The van der Waals surface area contributed by atoms with Crippen molar-refractivity contribution in [2.24, 2.45) is 0 Å². The molecule has 199 valence electrons. The Labute approximate surface area is 252 Å². The molecular formula is C34H28IrN4S. The average molecular weight is 717 g/mol. The summed E-state index contributed by atoms with van der Waals surface area (Å²) in [6.07, 6.45) is 6.05. The van der Waals surface area contributed by atoms with E-state index in [0.717, 1.165) is 34.7 Å². The molecule has 3 aromatic heterocycles. The van der Waals surface area contributed by atoms with Gasteiger partial charge in [-0.2, -0.15) is 6.07 Å². The first-order chi connectivity index (χ1) is 19.2. The van der Waals surface area contributed by atoms with Crippen molar-refractivity contribution in [3.63, 3.8) is 0 Å². The number of pyridine rings is 2. The summed E-state index contributed by atoms with van der Waals surface area (Å²) in [6.45, 7) is 5.24. The molecule has 3 aromatic carbocycles. The molecule has 0 spiro atoms. The van der Waals surface area contributed by atoms with E-state index in [4.69, 9.17) is 0 Å². The summed E-state index contributed by atoms with van der Waals surface area (Å²) in [5, 5.41) is 2.42. The molecule has 6 aromatic rings. The number of aromatic nitrogens is 2. The van der Waals surface area contributed by atoms with E-state index in [-0.39, 0.29) is 20.1 Å². The molecule has 7 rings (SSSR count). The topological polar surface area (TPSA) is 31.8 Å². The van der Waals surface area contributed by atoms with Gasteiger partial charge in [-0.05, 0) is 29.6 Å². The molecule has 1 radical (unpaired) electrons. The third kappa shape index (κ3) is 5.72. The number of aryl methyl sites for hydroxylation is 1. The molecule has 0 unspecified atom stereocenters. The van der Waals surface area contributed by atoms with E-state index in [1.54, 1.807) is 11.3 Å². The Morgan fingerprint density at radius 1 is 0.900 bits per heavy atom. The summed E-state index contributed by atoms with van der Waals surface area (Å²) in [5.74, 6) is 0. The van der Waals surface area contributed by atoms with E-state index >= 15 is 0 Å². The standard InChI is InChI=1S/C22H18N3S.C12H10N.Ir/c1-2-3-13-24-15-25(20-9-5-4-8-19(20)24)16-10-11-17-18-7-6-12-23-22(18)26-21(17)14-16;1-10-7-8-12(13-9-10)11-5-3-2-4-6-11;/h4-9,11-12,14H,2-3,13H2,1H3;2-5,7-9H,1H3;/q+1;-1;. The van der Waals surface area contributed by atoms with E-state index in [0.29, 0.717) is 0 Å². The van der Waals surface area contributed by atoms with Gasteiger partial charge < -0.3 is 4.98 Å². The van der Waals surface area contributed by atoms with Crippen LogP contribution in [0.2, 0.25) is 0 Å². The van der Waals surface area contributed by atoms with Crippen LogP contribution in [0.15, 0.2) is 97.3 Å². The predicted octanol–water partition coefficient (Wildman–Crippen LogP) is 8.57. The number of nitrogens with zero attached hydrogens (tertiary/aromatic N) is 4. The molecule has 0 atom stereocenters. The Bertz CT molecular complexity index is 1840. The molecule has 1 aliphatic heterocycles. The Kier molecular flexibility index (Phi) is 8.74. The number of unbranched alkanes of at least 4 members (excludes halogenated alkanes) is 1. The molecule has 0 amide bonds. The molecule has 0 N–H and O–H groups in total. The quantitative estimate of drug-likeness (QED) is 0.132. The molecule has 40 heavy (non-hydrogen) atoms. The summed E-state index contributed by atoms with van der Waals surface area (Å²) in [6, 6.07) is 39.0. The summed E-state index contributed by atoms with van der Waals surface area (Å²) >= 11 is 1.73. The SMILES string of the molecule is CCCC[N+]1=C=[N+](c2[c-]cc3c(c2)sc2ncccc23)c2ccccc21.Cc1ccc(-c2[c-]cccc2)nc1.[Ir]. The molecule has 0 aliphatic carbocycles. The molecular weight excluding hydrogens is 689 g/mol. The van der Waals surface area contributed by atoms with E-state index in [1.807, 2.05) is 55.7 Å². The zero-order chi connectivity index (χ0) is 26.6. The largest absolute Gasteiger partial charge is 0.494 e. The Hall–Kier alpha value is -3.79. The smallest absolute Gasteiger partial charge is 0.304 e. The number of fused-ring (bicyclic) bond motifs is 4. The normalized spacial score (nSPS) is 11.8. The van der Waals surface area contributed by atoms with Gasteiger partial charge in [0.05, 0.1) is 0 Å². The Balaban J connectivity index is 0.000000195. The van der Waals surface area contributed by atoms with Crippen LogP contribution in [0.3, 0.4) is 0 Å². The molecule has 0 fully saturated rings. The summed E-state index contributed by atoms with van der Waals surface area (Å²) < 4.78 is 5.59.